The number of nitrogens with zero attached hydrogens (tertiary/aromatic N) is 2. The zero-order chi connectivity index (χ0) is 17.5. The van der Waals surface area contributed by atoms with E-state index in [-0.39, 0.29) is 10.6 Å². The molecule has 0 radical (unpaired) electrons. The molecule has 0 amide bonds. The van der Waals surface area contributed by atoms with E-state index in [1.54, 1.807) is 11.4 Å². The van der Waals surface area contributed by atoms with Crippen LogP contribution in [0.1, 0.15) is 0 Å². The summed E-state index contributed by atoms with van der Waals surface area (Å²) in [5.74, 6) is 0. The van der Waals surface area contributed by atoms with Gasteiger partial charge in [0.05, 0.1) is 15.7 Å². The second-order valence-electron chi connectivity index (χ2n) is 4.39. The summed E-state index contributed by atoms with van der Waals surface area (Å²) in [6.07, 6.45) is 3.78. The van der Waals surface area contributed by atoms with Crippen molar-refractivity contribution in [1.29, 1.82) is 0 Å². The Morgan fingerprint density at radius 1 is 1.04 bits per heavy atom. The zero-order valence-corrected chi connectivity index (χ0v) is 12.6. The van der Waals surface area contributed by atoms with Crippen LogP contribution in [0, 0.1) is 10.1 Å². The standard InChI is InChI=1S/C11H7N2O2S.F6P/c14-13(15)10-7-16-11-8(10)4-6-12-5-2-1-3-9(11)12;1-7(2,3,4,5)6/h1-7H;/q+1;-1. The molecule has 0 aliphatic heterocycles. The Hall–Kier alpha value is -2.00. The van der Waals surface area contributed by atoms with Crippen molar-refractivity contribution in [3.63, 3.8) is 0 Å². The van der Waals surface area contributed by atoms with Crippen molar-refractivity contribution >= 4 is 40.4 Å². The fourth-order valence-electron chi connectivity index (χ4n) is 1.79. The van der Waals surface area contributed by atoms with Crippen molar-refractivity contribution in [2.24, 2.45) is 0 Å². The van der Waals surface area contributed by atoms with Gasteiger partial charge in [-0.15, -0.1) is 11.3 Å². The van der Waals surface area contributed by atoms with Gasteiger partial charge in [0.1, 0.15) is 4.70 Å². The third-order valence-corrected chi connectivity index (χ3v) is 3.54. The first-order chi connectivity index (χ1) is 10.2. The molecule has 3 heterocycles. The van der Waals surface area contributed by atoms with Crippen LogP contribution in [0.4, 0.5) is 30.9 Å². The van der Waals surface area contributed by atoms with Crippen LogP contribution in [-0.4, -0.2) is 4.92 Å². The maximum Gasteiger partial charge on any atom is 0.288 e. The second kappa shape index (κ2) is 4.75. The van der Waals surface area contributed by atoms with Gasteiger partial charge in [0.25, 0.3) is 5.69 Å². The average Bonchev–Trinajstić information content (AvgIpc) is 2.79. The second-order valence-corrected chi connectivity index (χ2v) is 7.18. The van der Waals surface area contributed by atoms with Crippen LogP contribution in [0.5, 0.6) is 0 Å². The predicted octanol–water partition coefficient (Wildman–Crippen LogP) is 5.93. The molecule has 0 fully saturated rings. The van der Waals surface area contributed by atoms with Gasteiger partial charge in [0.2, 0.25) is 5.52 Å². The maximum absolute atomic E-state index is 10.8. The Bertz CT molecular complexity index is 898. The molecule has 3 rings (SSSR count). The Kier molecular flexibility index (Phi) is 3.58. The zero-order valence-electron chi connectivity index (χ0n) is 10.9. The summed E-state index contributed by atoms with van der Waals surface area (Å²) in [4.78, 5) is 10.5. The van der Waals surface area contributed by atoms with Crippen molar-refractivity contribution in [1.82, 2.24) is 0 Å². The molecule has 4 nitrogen and oxygen atoms in total. The van der Waals surface area contributed by atoms with E-state index in [4.69, 9.17) is 0 Å². The summed E-state index contributed by atoms with van der Waals surface area (Å²) < 4.78 is 62.1. The molecule has 0 bridgehead atoms. The van der Waals surface area contributed by atoms with E-state index in [1.165, 1.54) is 11.3 Å². The largest absolute Gasteiger partial charge is 0.288 e. The van der Waals surface area contributed by atoms with Crippen molar-refractivity contribution in [2.75, 3.05) is 0 Å². The number of nitro groups is 1. The van der Waals surface area contributed by atoms with Gasteiger partial charge in [-0.2, -0.15) is 4.40 Å². The minimum absolute atomic E-state index is 0.186. The quantitative estimate of drug-likeness (QED) is 0.174. The van der Waals surface area contributed by atoms with Gasteiger partial charge in [-0.25, -0.2) is 0 Å². The fraction of sp³-hybridized carbons (Fsp3) is 0. The van der Waals surface area contributed by atoms with Gasteiger partial charge in [0, 0.05) is 18.2 Å². The smallest absolute Gasteiger partial charge is 0.258 e. The third kappa shape index (κ3) is 5.29. The van der Waals surface area contributed by atoms with E-state index in [9.17, 15) is 35.3 Å². The summed E-state index contributed by atoms with van der Waals surface area (Å²) in [5.41, 5.74) is 1.18. The molecule has 0 aliphatic carbocycles. The predicted molar refractivity (Wildman–Crippen MR) is 75.2 cm³/mol. The molecule has 0 atom stereocenters. The Morgan fingerprint density at radius 2 is 1.65 bits per heavy atom. The van der Waals surface area contributed by atoms with E-state index < -0.39 is 7.81 Å². The molecule has 12 heteroatoms. The topological polar surface area (TPSA) is 47.2 Å². The third-order valence-electron chi connectivity index (χ3n) is 2.53. The van der Waals surface area contributed by atoms with Gasteiger partial charge in [-0.1, -0.05) is 0 Å². The molecule has 3 aromatic heterocycles. The molecule has 0 saturated heterocycles. The van der Waals surface area contributed by atoms with E-state index in [1.807, 2.05) is 35.0 Å². The molecule has 0 unspecified atom stereocenters. The van der Waals surface area contributed by atoms with Crippen LogP contribution in [0.25, 0.3) is 15.6 Å². The first-order valence-corrected chi connectivity index (χ1v) is 8.64. The Labute approximate surface area is 128 Å². The van der Waals surface area contributed by atoms with Crippen molar-refractivity contribution in [2.45, 2.75) is 0 Å². The van der Waals surface area contributed by atoms with Crippen LogP contribution in [0.2, 0.25) is 0 Å². The number of thiophene rings is 1. The first kappa shape index (κ1) is 17.4. The van der Waals surface area contributed by atoms with Crippen molar-refractivity contribution in [3.8, 4) is 0 Å². The van der Waals surface area contributed by atoms with E-state index in [0.29, 0.717) is 5.39 Å². The number of rotatable bonds is 1. The Morgan fingerprint density at radius 3 is 2.22 bits per heavy atom. The molecule has 0 aromatic carbocycles. The average molecular weight is 376 g/mol. The summed E-state index contributed by atoms with van der Waals surface area (Å²) in [6.45, 7) is 0. The summed E-state index contributed by atoms with van der Waals surface area (Å²) in [7, 11) is -10.7. The van der Waals surface area contributed by atoms with Crippen LogP contribution in [0.15, 0.2) is 42.0 Å². The molecule has 126 valence electrons. The number of halogens is 6. The Balaban J connectivity index is 0.000000236. The van der Waals surface area contributed by atoms with Crippen LogP contribution < -0.4 is 4.40 Å². The minimum Gasteiger partial charge on any atom is -0.258 e. The molecule has 0 aliphatic rings. The molecular weight excluding hydrogens is 369 g/mol. The number of aromatic nitrogens is 1. The summed E-state index contributed by atoms with van der Waals surface area (Å²) in [6, 6.07) is 7.61. The monoisotopic (exact) mass is 376 g/mol. The number of hydrogen-bond acceptors (Lipinski definition) is 3. The number of pyridine rings is 2. The number of fused-ring (bicyclic) bond motifs is 3. The molecule has 0 N–H and O–H groups in total. The minimum atomic E-state index is -10.7. The van der Waals surface area contributed by atoms with Crippen molar-refractivity contribution in [3.05, 3.63) is 52.2 Å². The van der Waals surface area contributed by atoms with Gasteiger partial charge >= 0.3 is 33.0 Å². The molecule has 0 spiro atoms. The van der Waals surface area contributed by atoms with Crippen LogP contribution in [-0.2, 0) is 0 Å². The van der Waals surface area contributed by atoms with Gasteiger partial charge in [-0.05, 0) is 6.07 Å². The SMILES string of the molecule is F[P-](F)(F)(F)(F)F.O=[N+]([O-])c1csc2c1cc[n+]1ccccc21. The van der Waals surface area contributed by atoms with Gasteiger partial charge in [0.15, 0.2) is 12.4 Å². The van der Waals surface area contributed by atoms with Crippen LogP contribution in [0.3, 0.4) is 0 Å². The van der Waals surface area contributed by atoms with E-state index in [2.05, 4.69) is 0 Å². The summed E-state index contributed by atoms with van der Waals surface area (Å²) >= 11 is 1.41. The molecule has 3 aromatic rings. The van der Waals surface area contributed by atoms with E-state index in [0.717, 1.165) is 10.2 Å². The first-order valence-electron chi connectivity index (χ1n) is 5.73. The fourth-order valence-corrected chi connectivity index (χ4v) is 2.83. The molecular formula is C11H7F6N2O2PS. The van der Waals surface area contributed by atoms with Gasteiger partial charge in [-0.3, -0.25) is 10.1 Å². The van der Waals surface area contributed by atoms with Gasteiger partial charge < -0.3 is 0 Å². The molecule has 23 heavy (non-hydrogen) atoms. The normalized spacial score (nSPS) is 14.7. The van der Waals surface area contributed by atoms with Crippen molar-refractivity contribution < 1.29 is 34.5 Å². The summed E-state index contributed by atoms with van der Waals surface area (Å²) in [5, 5.41) is 13.1. The number of hydrogen-bond donors (Lipinski definition) is 0. The van der Waals surface area contributed by atoms with E-state index >= 15 is 0 Å². The van der Waals surface area contributed by atoms with Crippen LogP contribution >= 0.6 is 19.1 Å². The maximum atomic E-state index is 10.8. The molecule has 0 saturated carbocycles.